The van der Waals surface area contributed by atoms with Crippen LogP contribution in [0.2, 0.25) is 0 Å². The van der Waals surface area contributed by atoms with E-state index in [0.717, 1.165) is 22.0 Å². The molecule has 1 aromatic heterocycles. The molecule has 3 aromatic rings. The second-order valence-corrected chi connectivity index (χ2v) is 9.88. The lowest BCUT2D eigenvalue weighted by Gasteiger charge is -2.09. The van der Waals surface area contributed by atoms with Crippen LogP contribution in [-0.4, -0.2) is 19.3 Å². The van der Waals surface area contributed by atoms with Crippen LogP contribution in [-0.2, 0) is 21.4 Å². The summed E-state index contributed by atoms with van der Waals surface area (Å²) < 4.78 is 28.5. The summed E-state index contributed by atoms with van der Waals surface area (Å²) in [6.07, 6.45) is 4.27. The number of hydrogen-bond acceptors (Lipinski definition) is 4. The number of hydrogen-bond donors (Lipinski definition) is 2. The summed E-state index contributed by atoms with van der Waals surface area (Å²) in [6.45, 7) is 0.201. The maximum absolute atomic E-state index is 12.5. The Balaban J connectivity index is 1.34. The average Bonchev–Trinajstić information content (AvgIpc) is 3.56. The third-order valence-electron chi connectivity index (χ3n) is 5.07. The highest BCUT2D eigenvalue weighted by molar-refractivity contribution is 9.10. The zero-order valence-electron chi connectivity index (χ0n) is 16.0. The Morgan fingerprint density at radius 3 is 2.33 bits per heavy atom. The van der Waals surface area contributed by atoms with Crippen LogP contribution in [0.3, 0.4) is 0 Å². The molecule has 0 saturated heterocycles. The molecule has 0 bridgehead atoms. The van der Waals surface area contributed by atoms with Crippen LogP contribution in [0.25, 0.3) is 0 Å². The number of carbonyl (C=O) groups is 1. The predicted molar refractivity (Wildman–Crippen MR) is 118 cm³/mol. The molecular formula is C22H20BrN3O3S. The van der Waals surface area contributed by atoms with Crippen LogP contribution >= 0.6 is 15.9 Å². The third kappa shape index (κ3) is 4.95. The van der Waals surface area contributed by atoms with Gasteiger partial charge in [0.2, 0.25) is 15.9 Å². The highest BCUT2D eigenvalue weighted by Gasteiger charge is 2.43. The molecule has 0 radical (unpaired) electrons. The minimum Gasteiger partial charge on any atom is -0.326 e. The Hall–Kier alpha value is -2.55. The Kier molecular flexibility index (Phi) is 5.99. The average molecular weight is 486 g/mol. The summed E-state index contributed by atoms with van der Waals surface area (Å²) in [5, 5.41) is 2.87. The lowest BCUT2D eigenvalue weighted by atomic mass is 10.1. The van der Waals surface area contributed by atoms with Gasteiger partial charge in [-0.15, -0.1) is 0 Å². The van der Waals surface area contributed by atoms with E-state index < -0.39 is 10.0 Å². The minimum atomic E-state index is -3.64. The van der Waals surface area contributed by atoms with E-state index in [1.165, 1.54) is 12.1 Å². The van der Waals surface area contributed by atoms with E-state index in [9.17, 15) is 13.2 Å². The lowest BCUT2D eigenvalue weighted by molar-refractivity contribution is -0.117. The summed E-state index contributed by atoms with van der Waals surface area (Å²) >= 11 is 3.35. The number of benzene rings is 2. The van der Waals surface area contributed by atoms with E-state index in [-0.39, 0.29) is 29.2 Å². The van der Waals surface area contributed by atoms with Crippen molar-refractivity contribution in [2.45, 2.75) is 23.8 Å². The summed E-state index contributed by atoms with van der Waals surface area (Å²) in [5.41, 5.74) is 2.55. The molecule has 2 aromatic carbocycles. The monoisotopic (exact) mass is 485 g/mol. The molecule has 1 fully saturated rings. The van der Waals surface area contributed by atoms with Gasteiger partial charge < -0.3 is 5.32 Å². The fourth-order valence-corrected chi connectivity index (χ4v) is 4.56. The number of amides is 1. The summed E-state index contributed by atoms with van der Waals surface area (Å²) in [7, 11) is -3.64. The standard InChI is InChI=1S/C22H20BrN3O3S/c23-17-3-1-15(2-4-17)14-25-30(28,29)19-7-5-18(6-8-19)26-22(27)21-13-20(21)16-9-11-24-12-10-16/h1-12,20-21,25H,13-14H2,(H,26,27). The van der Waals surface area contributed by atoms with Crippen LogP contribution in [0, 0.1) is 5.92 Å². The van der Waals surface area contributed by atoms with Gasteiger partial charge in [-0.3, -0.25) is 9.78 Å². The van der Waals surface area contributed by atoms with E-state index in [4.69, 9.17) is 0 Å². The zero-order chi connectivity index (χ0) is 21.1. The van der Waals surface area contributed by atoms with Gasteiger partial charge in [0.25, 0.3) is 0 Å². The number of rotatable bonds is 7. The molecule has 4 rings (SSSR count). The summed E-state index contributed by atoms with van der Waals surface area (Å²) in [5.74, 6) is 0.0969. The molecule has 2 atom stereocenters. The van der Waals surface area contributed by atoms with E-state index in [0.29, 0.717) is 5.69 Å². The molecule has 6 nitrogen and oxygen atoms in total. The van der Waals surface area contributed by atoms with Crippen molar-refractivity contribution >= 4 is 37.5 Å². The van der Waals surface area contributed by atoms with Crippen molar-refractivity contribution < 1.29 is 13.2 Å². The van der Waals surface area contributed by atoms with Gasteiger partial charge in [0.15, 0.2) is 0 Å². The minimum absolute atomic E-state index is 0.0548. The number of aromatic nitrogens is 1. The lowest BCUT2D eigenvalue weighted by Crippen LogP contribution is -2.23. The molecule has 1 amide bonds. The summed E-state index contributed by atoms with van der Waals surface area (Å²) in [6, 6.07) is 17.5. The molecule has 1 heterocycles. The molecule has 1 aliphatic rings. The van der Waals surface area contributed by atoms with Crippen molar-refractivity contribution in [1.82, 2.24) is 9.71 Å². The molecule has 8 heteroatoms. The predicted octanol–water partition coefficient (Wildman–Crippen LogP) is 4.06. The summed E-state index contributed by atoms with van der Waals surface area (Å²) in [4.78, 5) is 16.6. The number of carbonyl (C=O) groups excluding carboxylic acids is 1. The normalized spacial score (nSPS) is 18.0. The second-order valence-electron chi connectivity index (χ2n) is 7.19. The molecule has 154 valence electrons. The maximum Gasteiger partial charge on any atom is 0.240 e. The van der Waals surface area contributed by atoms with Crippen LogP contribution < -0.4 is 10.0 Å². The van der Waals surface area contributed by atoms with Crippen molar-refractivity contribution in [3.05, 3.63) is 88.7 Å². The SMILES string of the molecule is O=C(Nc1ccc(S(=O)(=O)NCc2ccc(Br)cc2)cc1)C1CC1c1ccncc1. The molecule has 30 heavy (non-hydrogen) atoms. The molecule has 1 aliphatic carbocycles. The van der Waals surface area contributed by atoms with Crippen molar-refractivity contribution in [2.24, 2.45) is 5.92 Å². The molecule has 0 spiro atoms. The quantitative estimate of drug-likeness (QED) is 0.527. The number of nitrogens with one attached hydrogen (secondary N) is 2. The van der Waals surface area contributed by atoms with Gasteiger partial charge >= 0.3 is 0 Å². The molecule has 0 aliphatic heterocycles. The first-order chi connectivity index (χ1) is 14.4. The Morgan fingerprint density at radius 1 is 1.00 bits per heavy atom. The van der Waals surface area contributed by atoms with Gasteiger partial charge in [-0.1, -0.05) is 28.1 Å². The number of sulfonamides is 1. The zero-order valence-corrected chi connectivity index (χ0v) is 18.4. The van der Waals surface area contributed by atoms with Crippen LogP contribution in [0.5, 0.6) is 0 Å². The van der Waals surface area contributed by atoms with Gasteiger partial charge in [-0.2, -0.15) is 0 Å². The number of pyridine rings is 1. The van der Waals surface area contributed by atoms with Gasteiger partial charge in [0, 0.05) is 35.0 Å². The molecular weight excluding hydrogens is 466 g/mol. The molecule has 2 N–H and O–H groups in total. The van der Waals surface area contributed by atoms with E-state index in [1.54, 1.807) is 24.5 Å². The number of nitrogens with zero attached hydrogens (tertiary/aromatic N) is 1. The van der Waals surface area contributed by atoms with Gasteiger partial charge in [0.05, 0.1) is 4.90 Å². The Bertz CT molecular complexity index is 1130. The highest BCUT2D eigenvalue weighted by atomic mass is 79.9. The molecule has 1 saturated carbocycles. The van der Waals surface area contributed by atoms with Crippen molar-refractivity contribution in [3.8, 4) is 0 Å². The number of halogens is 1. The van der Waals surface area contributed by atoms with Crippen molar-refractivity contribution in [2.75, 3.05) is 5.32 Å². The Morgan fingerprint density at radius 2 is 1.67 bits per heavy atom. The van der Waals surface area contributed by atoms with Crippen molar-refractivity contribution in [1.29, 1.82) is 0 Å². The first-order valence-corrected chi connectivity index (χ1v) is 11.7. The Labute approximate surface area is 183 Å². The van der Waals surface area contributed by atoms with E-state index >= 15 is 0 Å². The topological polar surface area (TPSA) is 88.2 Å². The maximum atomic E-state index is 12.5. The van der Waals surface area contributed by atoms with E-state index in [2.05, 4.69) is 31.0 Å². The van der Waals surface area contributed by atoms with E-state index in [1.807, 2.05) is 36.4 Å². The van der Waals surface area contributed by atoms with Crippen LogP contribution in [0.4, 0.5) is 5.69 Å². The van der Waals surface area contributed by atoms with Gasteiger partial charge in [0.1, 0.15) is 0 Å². The fraction of sp³-hybridized carbons (Fsp3) is 0.182. The smallest absolute Gasteiger partial charge is 0.240 e. The van der Waals surface area contributed by atoms with Gasteiger partial charge in [-0.25, -0.2) is 13.1 Å². The van der Waals surface area contributed by atoms with Crippen LogP contribution in [0.15, 0.2) is 82.4 Å². The first-order valence-electron chi connectivity index (χ1n) is 9.47. The fourth-order valence-electron chi connectivity index (χ4n) is 3.28. The van der Waals surface area contributed by atoms with Crippen molar-refractivity contribution in [3.63, 3.8) is 0 Å². The third-order valence-corrected chi connectivity index (χ3v) is 7.02. The first kappa shape index (κ1) is 20.7. The molecule has 2 unspecified atom stereocenters. The largest absolute Gasteiger partial charge is 0.326 e. The van der Waals surface area contributed by atoms with Crippen LogP contribution in [0.1, 0.15) is 23.5 Å². The highest BCUT2D eigenvalue weighted by Crippen LogP contribution is 2.47. The number of anilines is 1. The second kappa shape index (κ2) is 8.67. The van der Waals surface area contributed by atoms with Gasteiger partial charge in [-0.05, 0) is 72.0 Å².